The lowest BCUT2D eigenvalue weighted by Crippen LogP contribution is -2.58. The molecule has 2 aliphatic carbocycles. The number of carbonyl (C=O) groups is 2. The first kappa shape index (κ1) is 26.6. The van der Waals surface area contributed by atoms with Gasteiger partial charge in [-0.25, -0.2) is 9.78 Å². The summed E-state index contributed by atoms with van der Waals surface area (Å²) in [5.41, 5.74) is 17.6. The molecular formula is C33H39N7O3. The molecule has 4 aromatic rings. The zero-order valence-corrected chi connectivity index (χ0v) is 24.8. The summed E-state index contributed by atoms with van der Waals surface area (Å²) in [6.07, 6.45) is 5.45. The Morgan fingerprint density at radius 2 is 1.86 bits per heavy atom. The Bertz CT molecular complexity index is 1780. The van der Waals surface area contributed by atoms with Gasteiger partial charge in [-0.15, -0.1) is 0 Å². The Morgan fingerprint density at radius 1 is 1.05 bits per heavy atom. The summed E-state index contributed by atoms with van der Waals surface area (Å²) in [5.74, 6) is 2.80. The third-order valence-corrected chi connectivity index (χ3v) is 10.5. The molecule has 2 aromatic carbocycles. The molecule has 10 nitrogen and oxygen atoms in total. The van der Waals surface area contributed by atoms with Crippen LogP contribution in [-0.4, -0.2) is 74.7 Å². The van der Waals surface area contributed by atoms with Crippen LogP contribution < -0.4 is 16.2 Å². The molecule has 0 radical (unpaired) electrons. The molecule has 5 fully saturated rings. The Morgan fingerprint density at radius 3 is 2.53 bits per heavy atom. The summed E-state index contributed by atoms with van der Waals surface area (Å²) >= 11 is 0. The molecule has 2 saturated carbocycles. The van der Waals surface area contributed by atoms with Crippen LogP contribution in [0.25, 0.3) is 33.5 Å². The van der Waals surface area contributed by atoms with Crippen molar-refractivity contribution in [1.29, 1.82) is 0 Å². The van der Waals surface area contributed by atoms with Crippen LogP contribution in [0.4, 0.5) is 4.79 Å². The van der Waals surface area contributed by atoms with E-state index in [1.54, 1.807) is 12.0 Å². The van der Waals surface area contributed by atoms with Crippen molar-refractivity contribution in [2.75, 3.05) is 26.7 Å². The number of imidazole rings is 1. The van der Waals surface area contributed by atoms with E-state index in [0.717, 1.165) is 54.9 Å². The fourth-order valence-corrected chi connectivity index (χ4v) is 7.86. The highest BCUT2D eigenvalue weighted by Crippen LogP contribution is 2.41. The molecule has 3 saturated heterocycles. The number of urea groups is 1. The second-order valence-corrected chi connectivity index (χ2v) is 13.2. The van der Waals surface area contributed by atoms with Gasteiger partial charge in [-0.2, -0.15) is 0 Å². The molecule has 4 N–H and O–H groups in total. The molecule has 5 heterocycles. The van der Waals surface area contributed by atoms with E-state index in [-0.39, 0.29) is 29.9 Å². The lowest BCUT2D eigenvalue weighted by Gasteiger charge is -2.48. The number of methoxy groups -OCH3 is 1. The van der Waals surface area contributed by atoms with Gasteiger partial charge >= 0.3 is 6.03 Å². The number of hydrogen-bond acceptors (Lipinski definition) is 5. The quantitative estimate of drug-likeness (QED) is 0.356. The monoisotopic (exact) mass is 581 g/mol. The number of nitrogens with zero attached hydrogens (tertiary/aromatic N) is 5. The number of carbonyl (C=O) groups excluding carboxylic acids is 2. The third kappa shape index (κ3) is 4.21. The summed E-state index contributed by atoms with van der Waals surface area (Å²) in [5, 5.41) is 1.17. The number of likely N-dealkylation sites (tertiary alicyclic amines) is 1. The van der Waals surface area contributed by atoms with Crippen molar-refractivity contribution in [3.8, 4) is 17.3 Å². The van der Waals surface area contributed by atoms with E-state index in [4.69, 9.17) is 21.2 Å². The second-order valence-electron chi connectivity index (χ2n) is 13.2. The summed E-state index contributed by atoms with van der Waals surface area (Å²) < 4.78 is 10.4. The molecule has 224 valence electrons. The molecule has 3 atom stereocenters. The Balaban J connectivity index is 1.22. The Labute approximate surface area is 250 Å². The fraction of sp³-hybridized carbons (Fsp3) is 0.485. The van der Waals surface area contributed by atoms with Crippen LogP contribution in [0.3, 0.4) is 0 Å². The second kappa shape index (κ2) is 9.74. The van der Waals surface area contributed by atoms with Crippen LogP contribution in [0.15, 0.2) is 36.4 Å². The van der Waals surface area contributed by atoms with Gasteiger partial charge in [0.1, 0.15) is 11.3 Å². The van der Waals surface area contributed by atoms with Crippen molar-refractivity contribution < 1.29 is 14.3 Å². The van der Waals surface area contributed by atoms with Gasteiger partial charge < -0.3 is 35.1 Å². The maximum atomic E-state index is 13.8. The number of hydrogen-bond donors (Lipinski definition) is 2. The van der Waals surface area contributed by atoms with Crippen molar-refractivity contribution in [2.24, 2.45) is 30.4 Å². The number of ether oxygens (including phenoxy) is 1. The molecule has 3 amide bonds. The molecule has 5 aliphatic rings. The van der Waals surface area contributed by atoms with Crippen molar-refractivity contribution in [3.63, 3.8) is 0 Å². The summed E-state index contributed by atoms with van der Waals surface area (Å²) in [4.78, 5) is 34.4. The van der Waals surface area contributed by atoms with E-state index >= 15 is 0 Å². The predicted molar refractivity (Wildman–Crippen MR) is 165 cm³/mol. The number of piperidine rings is 2. The SMILES string of the molecule is COc1cc(C(=O)N2C[C@H]3CC[C@@H]2C[C@@H]3N)cc2nc(-c3cc4cccc(C5CN(C(N)=O)C5)c4n3CC3CC3)n(C)c12. The van der Waals surface area contributed by atoms with Gasteiger partial charge in [0.25, 0.3) is 5.91 Å². The number of amides is 3. The van der Waals surface area contributed by atoms with Gasteiger partial charge in [-0.05, 0) is 67.7 Å². The first-order valence-electron chi connectivity index (χ1n) is 15.6. The Hall–Kier alpha value is -4.05. The number of aryl methyl sites for hydroxylation is 1. The van der Waals surface area contributed by atoms with Gasteiger partial charge in [0, 0.05) is 62.2 Å². The van der Waals surface area contributed by atoms with Crippen molar-refractivity contribution in [1.82, 2.24) is 23.9 Å². The minimum absolute atomic E-state index is 0.0343. The van der Waals surface area contributed by atoms with E-state index in [9.17, 15) is 9.59 Å². The van der Waals surface area contributed by atoms with Crippen LogP contribution in [0.1, 0.15) is 53.9 Å². The molecule has 2 bridgehead atoms. The van der Waals surface area contributed by atoms with Gasteiger partial charge in [0.2, 0.25) is 0 Å². The van der Waals surface area contributed by atoms with E-state index < -0.39 is 0 Å². The predicted octanol–water partition coefficient (Wildman–Crippen LogP) is 4.04. The highest BCUT2D eigenvalue weighted by molar-refractivity contribution is 6.00. The summed E-state index contributed by atoms with van der Waals surface area (Å²) in [6, 6.07) is 12.5. The number of primary amides is 1. The number of benzene rings is 2. The number of rotatable bonds is 6. The third-order valence-electron chi connectivity index (χ3n) is 10.5. The molecule has 10 heteroatoms. The van der Waals surface area contributed by atoms with Crippen molar-refractivity contribution >= 4 is 33.9 Å². The highest BCUT2D eigenvalue weighted by atomic mass is 16.5. The van der Waals surface area contributed by atoms with Crippen LogP contribution in [0, 0.1) is 11.8 Å². The fourth-order valence-electron chi connectivity index (χ4n) is 7.86. The molecule has 3 aliphatic heterocycles. The minimum atomic E-state index is -0.361. The van der Waals surface area contributed by atoms with Crippen molar-refractivity contribution in [2.45, 2.75) is 56.7 Å². The topological polar surface area (TPSA) is 125 Å². The molecule has 43 heavy (non-hydrogen) atoms. The van der Waals surface area contributed by atoms with Crippen LogP contribution >= 0.6 is 0 Å². The number of para-hydroxylation sites is 1. The van der Waals surface area contributed by atoms with E-state index in [1.165, 1.54) is 29.3 Å². The lowest BCUT2D eigenvalue weighted by molar-refractivity contribution is 0.0261. The lowest BCUT2D eigenvalue weighted by atomic mass is 9.76. The maximum absolute atomic E-state index is 13.8. The van der Waals surface area contributed by atoms with E-state index in [1.807, 2.05) is 24.1 Å². The molecular weight excluding hydrogens is 542 g/mol. The minimum Gasteiger partial charge on any atom is -0.494 e. The molecule has 9 rings (SSSR count). The zero-order valence-electron chi connectivity index (χ0n) is 24.8. The van der Waals surface area contributed by atoms with E-state index in [0.29, 0.717) is 36.2 Å². The van der Waals surface area contributed by atoms with Gasteiger partial charge in [-0.1, -0.05) is 18.2 Å². The number of aromatic nitrogens is 3. The molecule has 0 spiro atoms. The largest absolute Gasteiger partial charge is 0.494 e. The smallest absolute Gasteiger partial charge is 0.314 e. The first-order valence-corrected chi connectivity index (χ1v) is 15.6. The summed E-state index contributed by atoms with van der Waals surface area (Å²) in [7, 11) is 3.68. The molecule has 0 unspecified atom stereocenters. The number of fused-ring (bicyclic) bond motifs is 5. The molecule has 2 aromatic heterocycles. The average molecular weight is 582 g/mol. The van der Waals surface area contributed by atoms with E-state index in [2.05, 4.69) is 33.4 Å². The zero-order chi connectivity index (χ0) is 29.6. The Kier molecular flexibility index (Phi) is 6.02. The van der Waals surface area contributed by atoms with Gasteiger partial charge in [0.15, 0.2) is 5.82 Å². The van der Waals surface area contributed by atoms with Gasteiger partial charge in [-0.3, -0.25) is 4.79 Å². The first-order chi connectivity index (χ1) is 20.8. The van der Waals surface area contributed by atoms with Crippen LogP contribution in [0.5, 0.6) is 5.75 Å². The maximum Gasteiger partial charge on any atom is 0.314 e. The van der Waals surface area contributed by atoms with Crippen LogP contribution in [0.2, 0.25) is 0 Å². The summed E-state index contributed by atoms with van der Waals surface area (Å²) in [6.45, 7) is 2.93. The normalized spacial score (nSPS) is 23.7. The average Bonchev–Trinajstić information content (AvgIpc) is 3.64. The van der Waals surface area contributed by atoms with Crippen LogP contribution in [-0.2, 0) is 13.6 Å². The number of nitrogens with two attached hydrogens (primary N) is 2. The standard InChI is InChI=1S/C33H39N7O3/c1-37-30-26(10-21(12-28(30)43-2)32(41)39-17-20-8-9-23(39)13-25(20)34)36-31(37)27-11-19-4-3-5-24(22-15-38(16-22)33(35)42)29(19)40(27)14-18-6-7-18/h3-5,10-12,18,20,22-23,25H,6-9,13-17,34H2,1-2H3,(H2,35,42)/t20-,23-,25+/m1/s1. The van der Waals surface area contributed by atoms with Crippen molar-refractivity contribution in [3.05, 3.63) is 47.5 Å². The highest BCUT2D eigenvalue weighted by Gasteiger charge is 2.41. The van der Waals surface area contributed by atoms with Gasteiger partial charge in [0.05, 0.1) is 23.8 Å².